The number of hydrogen-bond donors (Lipinski definition) is 2. The van der Waals surface area contributed by atoms with Gasteiger partial charge in [0.15, 0.2) is 0 Å². The van der Waals surface area contributed by atoms with Gasteiger partial charge in [-0.25, -0.2) is 0 Å². The van der Waals surface area contributed by atoms with Crippen LogP contribution < -0.4 is 0 Å². The van der Waals surface area contributed by atoms with Gasteiger partial charge in [-0.3, -0.25) is 9.59 Å². The normalized spacial score (nSPS) is 13.2. The van der Waals surface area contributed by atoms with Crippen LogP contribution in [0.15, 0.2) is 0 Å². The van der Waals surface area contributed by atoms with Gasteiger partial charge in [0.25, 0.3) is 0 Å². The summed E-state index contributed by atoms with van der Waals surface area (Å²) in [6, 6.07) is 0. The van der Waals surface area contributed by atoms with Crippen LogP contribution in [0.2, 0.25) is 0 Å². The number of carbonyl (C=O) groups excluding carboxylic acids is 1. The van der Waals surface area contributed by atoms with Crippen LogP contribution in [-0.4, -0.2) is 34.4 Å². The Morgan fingerprint density at radius 3 is 1.68 bits per heavy atom. The van der Waals surface area contributed by atoms with Gasteiger partial charge in [0, 0.05) is 0 Å². The first-order valence-electron chi connectivity index (χ1n) is 11.6. The molecule has 2 N–H and O–H groups in total. The summed E-state index contributed by atoms with van der Waals surface area (Å²) in [5.41, 5.74) is 0. The summed E-state index contributed by atoms with van der Waals surface area (Å²) in [6.07, 6.45) is 14.6. The van der Waals surface area contributed by atoms with Crippen molar-refractivity contribution < 1.29 is 24.5 Å². The predicted molar refractivity (Wildman–Crippen MR) is 113 cm³/mol. The minimum Gasteiger partial charge on any atom is -0.481 e. The number of carboxylic acid groups (broad SMARTS) is 1. The molecule has 0 heterocycles. The number of aliphatic hydroxyl groups is 1. The lowest BCUT2D eigenvalue weighted by Gasteiger charge is -2.17. The van der Waals surface area contributed by atoms with Crippen LogP contribution in [0, 0.1) is 0 Å². The van der Waals surface area contributed by atoms with Gasteiger partial charge in [0.1, 0.15) is 6.10 Å². The molecule has 2 unspecified atom stereocenters. The minimum atomic E-state index is -0.951. The first-order chi connectivity index (χ1) is 13.5. The van der Waals surface area contributed by atoms with Crippen LogP contribution in [0.25, 0.3) is 0 Å². The maximum absolute atomic E-state index is 12.1. The highest BCUT2D eigenvalue weighted by Gasteiger charge is 2.20. The zero-order valence-electron chi connectivity index (χ0n) is 18.3. The maximum atomic E-state index is 12.1. The van der Waals surface area contributed by atoms with Crippen molar-refractivity contribution in [1.29, 1.82) is 0 Å². The number of unbranched alkanes of at least 4 members (excludes halogenated alkanes) is 11. The molecule has 0 saturated carbocycles. The summed E-state index contributed by atoms with van der Waals surface area (Å²) in [5, 5.41) is 19.1. The summed E-state index contributed by atoms with van der Waals surface area (Å²) in [4.78, 5) is 23.1. The molecule has 0 bridgehead atoms. The number of carboxylic acids is 1. The van der Waals surface area contributed by atoms with Crippen molar-refractivity contribution in [3.8, 4) is 0 Å². The number of carbonyl (C=O) groups is 2. The summed E-state index contributed by atoms with van der Waals surface area (Å²) >= 11 is 0. The highest BCUT2D eigenvalue weighted by Crippen LogP contribution is 2.16. The molecule has 5 nitrogen and oxygen atoms in total. The first-order valence-corrected chi connectivity index (χ1v) is 11.6. The molecule has 0 aromatic rings. The zero-order valence-corrected chi connectivity index (χ0v) is 18.3. The van der Waals surface area contributed by atoms with Gasteiger partial charge < -0.3 is 14.9 Å². The van der Waals surface area contributed by atoms with Crippen LogP contribution in [0.4, 0.5) is 0 Å². The standard InChI is InChI=1S/C23H44O5/c1-3-5-7-9-11-13-15-17-21(19-22(25)26)28-23(27)18-20(24)16-14-12-10-8-6-4-2/h20-21,24H,3-19H2,1-2H3,(H,25,26). The third kappa shape index (κ3) is 18.3. The molecule has 0 radical (unpaired) electrons. The Hall–Kier alpha value is -1.10. The lowest BCUT2D eigenvalue weighted by molar-refractivity contribution is -0.155. The fourth-order valence-electron chi connectivity index (χ4n) is 3.42. The van der Waals surface area contributed by atoms with Gasteiger partial charge in [-0.2, -0.15) is 0 Å². The van der Waals surface area contributed by atoms with Crippen molar-refractivity contribution in [2.24, 2.45) is 0 Å². The highest BCUT2D eigenvalue weighted by molar-refractivity contribution is 5.71. The lowest BCUT2D eigenvalue weighted by Crippen LogP contribution is -2.24. The molecule has 0 aliphatic heterocycles. The predicted octanol–water partition coefficient (Wildman–Crippen LogP) is 6.02. The summed E-state index contributed by atoms with van der Waals surface area (Å²) < 4.78 is 5.36. The fraction of sp³-hybridized carbons (Fsp3) is 0.913. The second-order valence-electron chi connectivity index (χ2n) is 8.03. The molecule has 0 aromatic heterocycles. The van der Waals surface area contributed by atoms with E-state index in [2.05, 4.69) is 13.8 Å². The van der Waals surface area contributed by atoms with Crippen molar-refractivity contribution in [1.82, 2.24) is 0 Å². The van der Waals surface area contributed by atoms with Crippen molar-refractivity contribution in [2.45, 2.75) is 135 Å². The number of esters is 1. The smallest absolute Gasteiger partial charge is 0.308 e. The molecule has 5 heteroatoms. The zero-order chi connectivity index (χ0) is 21.0. The molecule has 0 saturated heterocycles. The van der Waals surface area contributed by atoms with Crippen molar-refractivity contribution in [2.75, 3.05) is 0 Å². The van der Waals surface area contributed by atoms with Crippen LogP contribution >= 0.6 is 0 Å². The number of rotatable bonds is 20. The topological polar surface area (TPSA) is 83.8 Å². The van der Waals surface area contributed by atoms with Crippen LogP contribution in [0.1, 0.15) is 123 Å². The number of aliphatic hydroxyl groups excluding tert-OH is 1. The number of aliphatic carboxylic acids is 1. The van der Waals surface area contributed by atoms with E-state index in [4.69, 9.17) is 9.84 Å². The lowest BCUT2D eigenvalue weighted by atomic mass is 10.0. The van der Waals surface area contributed by atoms with E-state index in [1.165, 1.54) is 51.4 Å². The highest BCUT2D eigenvalue weighted by atomic mass is 16.5. The second-order valence-corrected chi connectivity index (χ2v) is 8.03. The first kappa shape index (κ1) is 26.9. The molecular weight excluding hydrogens is 356 g/mol. The molecule has 2 atom stereocenters. The van der Waals surface area contributed by atoms with E-state index in [-0.39, 0.29) is 12.8 Å². The van der Waals surface area contributed by atoms with Crippen LogP contribution in [-0.2, 0) is 14.3 Å². The fourth-order valence-corrected chi connectivity index (χ4v) is 3.42. The Morgan fingerprint density at radius 1 is 0.714 bits per heavy atom. The van der Waals surface area contributed by atoms with Gasteiger partial charge in [-0.1, -0.05) is 90.9 Å². The van der Waals surface area contributed by atoms with E-state index in [0.29, 0.717) is 12.8 Å². The molecular formula is C23H44O5. The van der Waals surface area contributed by atoms with Gasteiger partial charge in [0.2, 0.25) is 0 Å². The average Bonchev–Trinajstić information content (AvgIpc) is 2.63. The molecule has 166 valence electrons. The second kappa shape index (κ2) is 19.2. The summed E-state index contributed by atoms with van der Waals surface area (Å²) in [5.74, 6) is -1.43. The SMILES string of the molecule is CCCCCCCCCC(CC(=O)O)OC(=O)CC(O)CCCCCCCC. The van der Waals surface area contributed by atoms with Gasteiger partial charge in [-0.05, 0) is 19.3 Å². The number of ether oxygens (including phenoxy) is 1. The molecule has 0 fully saturated rings. The number of hydrogen-bond acceptors (Lipinski definition) is 4. The van der Waals surface area contributed by atoms with E-state index in [0.717, 1.165) is 32.1 Å². The van der Waals surface area contributed by atoms with Gasteiger partial charge in [0.05, 0.1) is 18.9 Å². The van der Waals surface area contributed by atoms with Crippen LogP contribution in [0.3, 0.4) is 0 Å². The van der Waals surface area contributed by atoms with Gasteiger partial charge >= 0.3 is 11.9 Å². The molecule has 28 heavy (non-hydrogen) atoms. The quantitative estimate of drug-likeness (QED) is 0.193. The van der Waals surface area contributed by atoms with Crippen molar-refractivity contribution in [3.05, 3.63) is 0 Å². The molecule has 0 rings (SSSR count). The molecule has 0 spiro atoms. The Bertz CT molecular complexity index is 383. The average molecular weight is 401 g/mol. The van der Waals surface area contributed by atoms with Crippen LogP contribution in [0.5, 0.6) is 0 Å². The monoisotopic (exact) mass is 400 g/mol. The van der Waals surface area contributed by atoms with E-state index in [1.54, 1.807) is 0 Å². The Labute approximate surface area is 172 Å². The Kier molecular flexibility index (Phi) is 18.5. The molecule has 0 aliphatic rings. The summed E-state index contributed by atoms with van der Waals surface area (Å²) in [6.45, 7) is 4.37. The Balaban J connectivity index is 3.98. The van der Waals surface area contributed by atoms with E-state index in [1.807, 2.05) is 0 Å². The van der Waals surface area contributed by atoms with Crippen molar-refractivity contribution in [3.63, 3.8) is 0 Å². The van der Waals surface area contributed by atoms with E-state index >= 15 is 0 Å². The third-order valence-electron chi connectivity index (χ3n) is 5.12. The molecule has 0 aromatic carbocycles. The van der Waals surface area contributed by atoms with Crippen molar-refractivity contribution >= 4 is 11.9 Å². The van der Waals surface area contributed by atoms with E-state index < -0.39 is 24.1 Å². The van der Waals surface area contributed by atoms with Gasteiger partial charge in [-0.15, -0.1) is 0 Å². The molecule has 0 aliphatic carbocycles. The third-order valence-corrected chi connectivity index (χ3v) is 5.12. The largest absolute Gasteiger partial charge is 0.481 e. The van der Waals surface area contributed by atoms with E-state index in [9.17, 15) is 14.7 Å². The molecule has 0 amide bonds. The summed E-state index contributed by atoms with van der Waals surface area (Å²) in [7, 11) is 0. The Morgan fingerprint density at radius 2 is 1.18 bits per heavy atom. The minimum absolute atomic E-state index is 0.0396. The maximum Gasteiger partial charge on any atom is 0.308 e.